The fourth-order valence-electron chi connectivity index (χ4n) is 12.5. The van der Waals surface area contributed by atoms with E-state index in [0.29, 0.717) is 11.8 Å². The number of benzene rings is 6. The summed E-state index contributed by atoms with van der Waals surface area (Å²) in [7, 11) is 0. The minimum atomic E-state index is 0.161. The Balaban J connectivity index is 0.815. The summed E-state index contributed by atoms with van der Waals surface area (Å²) >= 11 is 0. The van der Waals surface area contributed by atoms with Crippen molar-refractivity contribution in [3.8, 4) is 62.4 Å². The second kappa shape index (κ2) is 20.9. The van der Waals surface area contributed by atoms with Crippen LogP contribution in [0.4, 0.5) is 0 Å². The highest BCUT2D eigenvalue weighted by atomic mass is 15.1. The van der Waals surface area contributed by atoms with Crippen molar-refractivity contribution < 1.29 is 0 Å². The lowest BCUT2D eigenvalue weighted by Crippen LogP contribution is -2.07. The lowest BCUT2D eigenvalue weighted by atomic mass is 9.86. The minimum absolute atomic E-state index is 0.161. The predicted octanol–water partition coefficient (Wildman–Crippen LogP) is 16.2. The van der Waals surface area contributed by atoms with Crippen LogP contribution in [0.2, 0.25) is 0 Å². The van der Waals surface area contributed by atoms with Gasteiger partial charge >= 0.3 is 0 Å². The molecule has 2 atom stereocenters. The van der Waals surface area contributed by atoms with E-state index in [9.17, 15) is 0 Å². The molecule has 0 spiro atoms. The van der Waals surface area contributed by atoms with E-state index in [4.69, 9.17) is 24.9 Å². The largest absolute Gasteiger partial charge is 0.300 e. The summed E-state index contributed by atoms with van der Waals surface area (Å²) in [5.74, 6) is 3.94. The summed E-state index contributed by atoms with van der Waals surface area (Å²) < 4.78 is 6.84. The van der Waals surface area contributed by atoms with Crippen LogP contribution in [-0.2, 0) is 38.5 Å². The Morgan fingerprint density at radius 1 is 0.418 bits per heavy atom. The van der Waals surface area contributed by atoms with Crippen LogP contribution in [0.1, 0.15) is 132 Å². The standard InChI is InChI=1S/C71H66N8/c1-45(2)63-40-72-42-65-47(5)61-38-49(22-29-59(61)70-74-31-33-77(70)67(63)65)17-19-51-35-52(20-18-50-23-30-60-62(39-50)48(6)66-43-73-41-64(46(3)4)68(66)78-34-32-75-71(60)78)37-53(36-51)21-26-57-44-79(69(76-57)56-15-11-8-12-16-56)58-27-24-55(25-28-58)54-13-9-7-10-14-54/h7-16,22-25,27-48H,17-21,26H2,1-6H3. The Labute approximate surface area is 464 Å². The Hall–Kier alpha value is -8.75. The molecule has 0 saturated carbocycles. The van der Waals surface area contributed by atoms with E-state index in [0.717, 1.165) is 72.9 Å². The number of nitrogens with zero attached hydrogens (tertiary/aromatic N) is 8. The second-order valence-corrected chi connectivity index (χ2v) is 22.5. The summed E-state index contributed by atoms with van der Waals surface area (Å²) in [5.41, 5.74) is 24.9. The van der Waals surface area contributed by atoms with Crippen molar-refractivity contribution in [3.63, 3.8) is 0 Å². The molecule has 0 fully saturated rings. The molecule has 2 aliphatic heterocycles. The molecular weight excluding hydrogens is 965 g/mol. The van der Waals surface area contributed by atoms with Crippen molar-refractivity contribution in [1.82, 2.24) is 38.6 Å². The van der Waals surface area contributed by atoms with Crippen molar-refractivity contribution in [2.45, 2.75) is 104 Å². The first-order chi connectivity index (χ1) is 38.6. The molecule has 0 saturated heterocycles. The van der Waals surface area contributed by atoms with Crippen LogP contribution in [0, 0.1) is 0 Å². The number of aryl methyl sites for hydroxylation is 6. The zero-order valence-electron chi connectivity index (χ0n) is 46.1. The van der Waals surface area contributed by atoms with Crippen molar-refractivity contribution >= 4 is 0 Å². The van der Waals surface area contributed by atoms with Gasteiger partial charge < -0.3 is 0 Å². The molecule has 13 rings (SSSR count). The van der Waals surface area contributed by atoms with E-state index in [1.54, 1.807) is 0 Å². The van der Waals surface area contributed by atoms with Gasteiger partial charge in [-0.2, -0.15) is 0 Å². The molecule has 2 aliphatic rings. The average molecular weight is 1030 g/mol. The van der Waals surface area contributed by atoms with Gasteiger partial charge in [0, 0.05) is 101 Å². The first kappa shape index (κ1) is 49.8. The van der Waals surface area contributed by atoms with Gasteiger partial charge in [0.25, 0.3) is 0 Å². The lowest BCUT2D eigenvalue weighted by molar-refractivity contribution is 0.818. The van der Waals surface area contributed by atoms with Crippen molar-refractivity contribution in [2.75, 3.05) is 0 Å². The predicted molar refractivity (Wildman–Crippen MR) is 320 cm³/mol. The molecule has 0 radical (unpaired) electrons. The molecular formula is C71H66N8. The van der Waals surface area contributed by atoms with Crippen LogP contribution in [0.15, 0.2) is 195 Å². The van der Waals surface area contributed by atoms with Crippen LogP contribution in [0.3, 0.4) is 0 Å². The van der Waals surface area contributed by atoms with E-state index in [-0.39, 0.29) is 11.8 Å². The summed E-state index contributed by atoms with van der Waals surface area (Å²) in [4.78, 5) is 24.8. The van der Waals surface area contributed by atoms with Gasteiger partial charge in [0.2, 0.25) is 0 Å². The lowest BCUT2D eigenvalue weighted by Gasteiger charge is -2.20. The number of pyridine rings is 2. The normalized spacial score (nSPS) is 14.2. The highest BCUT2D eigenvalue weighted by Gasteiger charge is 2.30. The van der Waals surface area contributed by atoms with Gasteiger partial charge in [0.05, 0.1) is 17.1 Å². The number of hydrogen-bond donors (Lipinski definition) is 0. The van der Waals surface area contributed by atoms with Gasteiger partial charge in [-0.15, -0.1) is 0 Å². The van der Waals surface area contributed by atoms with Crippen molar-refractivity contribution in [2.24, 2.45) is 0 Å². The summed E-state index contributed by atoms with van der Waals surface area (Å²) in [6.07, 6.45) is 24.0. The molecule has 0 N–H and O–H groups in total. The average Bonchev–Trinajstić information content (AvgIpc) is 4.41. The van der Waals surface area contributed by atoms with Crippen molar-refractivity contribution in [3.05, 3.63) is 262 Å². The number of hydrogen-bond acceptors (Lipinski definition) is 5. The van der Waals surface area contributed by atoms with Crippen LogP contribution in [0.5, 0.6) is 0 Å². The fraction of sp³-hybridized carbons (Fsp3) is 0.225. The Kier molecular flexibility index (Phi) is 13.2. The molecule has 0 aliphatic carbocycles. The van der Waals surface area contributed by atoms with E-state index < -0.39 is 0 Å². The van der Waals surface area contributed by atoms with E-state index in [1.165, 1.54) is 94.8 Å². The third kappa shape index (κ3) is 9.43. The quantitative estimate of drug-likeness (QED) is 0.108. The molecule has 5 aromatic heterocycles. The van der Waals surface area contributed by atoms with Gasteiger partial charge in [-0.3, -0.25) is 23.7 Å². The maximum Gasteiger partial charge on any atom is 0.144 e. The van der Waals surface area contributed by atoms with Crippen LogP contribution in [0.25, 0.3) is 62.4 Å². The van der Waals surface area contributed by atoms with E-state index in [2.05, 4.69) is 226 Å². The first-order valence-electron chi connectivity index (χ1n) is 28.3. The number of rotatable bonds is 14. The van der Waals surface area contributed by atoms with Crippen LogP contribution >= 0.6 is 0 Å². The minimum Gasteiger partial charge on any atom is -0.300 e. The highest BCUT2D eigenvalue weighted by molar-refractivity contribution is 5.73. The topological polar surface area (TPSA) is 79.2 Å². The molecule has 8 nitrogen and oxygen atoms in total. The van der Waals surface area contributed by atoms with Crippen molar-refractivity contribution in [1.29, 1.82) is 0 Å². The Bertz CT molecular complexity index is 3830. The number of imidazole rings is 3. The molecule has 7 heterocycles. The summed E-state index contributed by atoms with van der Waals surface area (Å²) in [6.45, 7) is 13.7. The maximum atomic E-state index is 5.36. The van der Waals surface area contributed by atoms with E-state index >= 15 is 0 Å². The van der Waals surface area contributed by atoms with E-state index in [1.807, 2.05) is 24.8 Å². The summed E-state index contributed by atoms with van der Waals surface area (Å²) in [6, 6.07) is 51.6. The van der Waals surface area contributed by atoms with Gasteiger partial charge in [-0.25, -0.2) is 15.0 Å². The SMILES string of the molecule is CC(C)c1cncc2c1-n1ccnc1-c1ccc(CCc3cc(CCc4ccc5c(c4)C(C)c4cncc(C(C)C)c4-n4ccnc4-5)cc(CCc4cn(-c5ccc(-c6ccccc6)cc5)c(-c5ccccc5)n4)c3)cc1C2C. The molecule has 11 aromatic rings. The van der Waals surface area contributed by atoms with Crippen LogP contribution < -0.4 is 0 Å². The molecule has 79 heavy (non-hydrogen) atoms. The first-order valence-corrected chi connectivity index (χ1v) is 28.3. The fourth-order valence-corrected chi connectivity index (χ4v) is 12.5. The smallest absolute Gasteiger partial charge is 0.144 e. The zero-order valence-corrected chi connectivity index (χ0v) is 46.1. The molecule has 0 bridgehead atoms. The third-order valence-electron chi connectivity index (χ3n) is 16.8. The van der Waals surface area contributed by atoms with Gasteiger partial charge in [-0.05, 0) is 124 Å². The molecule has 6 aromatic carbocycles. The van der Waals surface area contributed by atoms with Gasteiger partial charge in [-0.1, -0.05) is 169 Å². The molecule has 390 valence electrons. The molecule has 0 amide bonds. The third-order valence-corrected chi connectivity index (χ3v) is 16.8. The van der Waals surface area contributed by atoms with Gasteiger partial charge in [0.15, 0.2) is 0 Å². The maximum absolute atomic E-state index is 5.36. The van der Waals surface area contributed by atoms with Crippen LogP contribution in [-0.4, -0.2) is 38.6 Å². The second-order valence-electron chi connectivity index (χ2n) is 22.5. The van der Waals surface area contributed by atoms with Gasteiger partial charge in [0.1, 0.15) is 17.5 Å². The number of aromatic nitrogens is 8. The Morgan fingerprint density at radius 3 is 1.37 bits per heavy atom. The number of fused-ring (bicyclic) bond motifs is 10. The highest BCUT2D eigenvalue weighted by Crippen LogP contribution is 2.44. The monoisotopic (exact) mass is 1030 g/mol. The Morgan fingerprint density at radius 2 is 0.873 bits per heavy atom. The zero-order chi connectivity index (χ0) is 53.7. The summed E-state index contributed by atoms with van der Waals surface area (Å²) in [5, 5.41) is 0. The molecule has 2 unspecified atom stereocenters. The molecule has 8 heteroatoms.